The number of phenolic OH excluding ortho intramolecular Hbond substituents is 1. The number of phenols is 1. The van der Waals surface area contributed by atoms with Crippen LogP contribution in [0.1, 0.15) is 32.3 Å². The van der Waals surface area contributed by atoms with E-state index in [0.29, 0.717) is 5.75 Å². The van der Waals surface area contributed by atoms with Crippen LogP contribution in [0.2, 0.25) is 0 Å². The van der Waals surface area contributed by atoms with Crippen LogP contribution in [0.25, 0.3) is 10.8 Å². The van der Waals surface area contributed by atoms with E-state index in [9.17, 15) is 5.11 Å². The van der Waals surface area contributed by atoms with Crippen molar-refractivity contribution >= 4 is 10.8 Å². The van der Waals surface area contributed by atoms with Gasteiger partial charge in [-0.05, 0) is 24.5 Å². The number of unbranched alkanes of at least 4 members (excludes halogenated alkanes) is 1. The van der Waals surface area contributed by atoms with Gasteiger partial charge in [-0.25, -0.2) is 0 Å². The van der Waals surface area contributed by atoms with Crippen molar-refractivity contribution in [2.24, 2.45) is 0 Å². The molecule has 2 heteroatoms. The van der Waals surface area contributed by atoms with Crippen molar-refractivity contribution in [3.63, 3.8) is 0 Å². The molecule has 0 unspecified atom stereocenters. The van der Waals surface area contributed by atoms with Gasteiger partial charge in [0.15, 0.2) is 0 Å². The first-order valence-corrected chi connectivity index (χ1v) is 6.64. The lowest BCUT2D eigenvalue weighted by atomic mass is 10.0. The van der Waals surface area contributed by atoms with Crippen LogP contribution in [0.5, 0.6) is 11.5 Å². The summed E-state index contributed by atoms with van der Waals surface area (Å²) in [6.07, 6.45) is 2.98. The first-order chi connectivity index (χ1) is 8.77. The minimum absolute atomic E-state index is 0.385. The third-order valence-corrected chi connectivity index (χ3v) is 3.19. The Hall–Kier alpha value is -1.70. The lowest BCUT2D eigenvalue weighted by molar-refractivity contribution is 0.312. The Labute approximate surface area is 108 Å². The Morgan fingerprint density at radius 3 is 2.50 bits per heavy atom. The fourth-order valence-corrected chi connectivity index (χ4v) is 2.10. The third kappa shape index (κ3) is 2.42. The van der Waals surface area contributed by atoms with Gasteiger partial charge in [0.05, 0.1) is 6.61 Å². The molecule has 96 valence electrons. The molecular weight excluding hydrogens is 224 g/mol. The normalized spacial score (nSPS) is 10.8. The molecule has 0 bridgehead atoms. The molecule has 2 aromatic rings. The summed E-state index contributed by atoms with van der Waals surface area (Å²) in [5, 5.41) is 12.1. The molecule has 0 aliphatic rings. The van der Waals surface area contributed by atoms with E-state index in [1.807, 2.05) is 37.3 Å². The second kappa shape index (κ2) is 5.76. The van der Waals surface area contributed by atoms with Crippen LogP contribution in [0.4, 0.5) is 0 Å². The van der Waals surface area contributed by atoms with Crippen LogP contribution in [0, 0.1) is 0 Å². The van der Waals surface area contributed by atoms with Crippen LogP contribution in [0.15, 0.2) is 30.3 Å². The van der Waals surface area contributed by atoms with Crippen LogP contribution < -0.4 is 4.74 Å². The molecule has 1 N–H and O–H groups in total. The maximum absolute atomic E-state index is 10.2. The molecule has 0 spiro atoms. The molecular formula is C16H20O2. The SMILES string of the molecule is CCCCOc1cc(CC)c(O)c2ccccc12. The Bertz CT molecular complexity index is 532. The lowest BCUT2D eigenvalue weighted by Crippen LogP contribution is -1.98. The summed E-state index contributed by atoms with van der Waals surface area (Å²) in [6, 6.07) is 9.82. The quantitative estimate of drug-likeness (QED) is 0.795. The van der Waals surface area contributed by atoms with Crippen molar-refractivity contribution in [3.8, 4) is 11.5 Å². The summed E-state index contributed by atoms with van der Waals surface area (Å²) < 4.78 is 5.85. The summed E-state index contributed by atoms with van der Waals surface area (Å²) in [5.41, 5.74) is 0.945. The molecule has 0 aliphatic heterocycles. The Morgan fingerprint density at radius 1 is 1.11 bits per heavy atom. The summed E-state index contributed by atoms with van der Waals surface area (Å²) in [5.74, 6) is 1.27. The molecule has 0 radical (unpaired) electrons. The van der Waals surface area contributed by atoms with Gasteiger partial charge in [0.1, 0.15) is 11.5 Å². The van der Waals surface area contributed by atoms with Gasteiger partial charge in [-0.2, -0.15) is 0 Å². The minimum Gasteiger partial charge on any atom is -0.507 e. The number of aryl methyl sites for hydroxylation is 1. The van der Waals surface area contributed by atoms with Crippen molar-refractivity contribution in [1.82, 2.24) is 0 Å². The molecule has 0 fully saturated rings. The fourth-order valence-electron chi connectivity index (χ4n) is 2.10. The summed E-state index contributed by atoms with van der Waals surface area (Å²) in [7, 11) is 0. The predicted molar refractivity (Wildman–Crippen MR) is 75.4 cm³/mol. The predicted octanol–water partition coefficient (Wildman–Crippen LogP) is 4.29. The van der Waals surface area contributed by atoms with Gasteiger partial charge >= 0.3 is 0 Å². The number of hydrogen-bond donors (Lipinski definition) is 1. The average molecular weight is 244 g/mol. The summed E-state index contributed by atoms with van der Waals surface area (Å²) >= 11 is 0. The molecule has 2 nitrogen and oxygen atoms in total. The molecule has 0 aliphatic carbocycles. The highest BCUT2D eigenvalue weighted by Gasteiger charge is 2.10. The monoisotopic (exact) mass is 244 g/mol. The maximum Gasteiger partial charge on any atom is 0.127 e. The van der Waals surface area contributed by atoms with Crippen molar-refractivity contribution in [3.05, 3.63) is 35.9 Å². The van der Waals surface area contributed by atoms with E-state index in [4.69, 9.17) is 4.74 Å². The van der Waals surface area contributed by atoms with Crippen LogP contribution in [0.3, 0.4) is 0 Å². The van der Waals surface area contributed by atoms with Crippen molar-refractivity contribution in [2.75, 3.05) is 6.61 Å². The van der Waals surface area contributed by atoms with E-state index in [1.165, 1.54) is 0 Å². The first-order valence-electron chi connectivity index (χ1n) is 6.64. The van der Waals surface area contributed by atoms with E-state index < -0.39 is 0 Å². The molecule has 18 heavy (non-hydrogen) atoms. The molecule has 0 saturated heterocycles. The number of fused-ring (bicyclic) bond motifs is 1. The Balaban J connectivity index is 2.47. The second-order valence-electron chi connectivity index (χ2n) is 4.48. The van der Waals surface area contributed by atoms with Gasteiger partial charge < -0.3 is 9.84 Å². The third-order valence-electron chi connectivity index (χ3n) is 3.19. The maximum atomic E-state index is 10.2. The van der Waals surface area contributed by atoms with Crippen molar-refractivity contribution in [2.45, 2.75) is 33.1 Å². The highest BCUT2D eigenvalue weighted by Crippen LogP contribution is 2.36. The van der Waals surface area contributed by atoms with Crippen LogP contribution in [-0.4, -0.2) is 11.7 Å². The highest BCUT2D eigenvalue weighted by molar-refractivity contribution is 5.94. The number of hydrogen-bond acceptors (Lipinski definition) is 2. The van der Waals surface area contributed by atoms with Gasteiger partial charge in [-0.1, -0.05) is 44.5 Å². The van der Waals surface area contributed by atoms with Crippen LogP contribution >= 0.6 is 0 Å². The van der Waals surface area contributed by atoms with Gasteiger partial charge in [0.25, 0.3) is 0 Å². The molecule has 2 aromatic carbocycles. The zero-order chi connectivity index (χ0) is 13.0. The van der Waals surface area contributed by atoms with E-state index in [2.05, 4.69) is 6.92 Å². The molecule has 0 amide bonds. The minimum atomic E-state index is 0.385. The first kappa shape index (κ1) is 12.7. The number of rotatable bonds is 5. The Morgan fingerprint density at radius 2 is 1.83 bits per heavy atom. The van der Waals surface area contributed by atoms with Gasteiger partial charge in [-0.3, -0.25) is 0 Å². The Kier molecular flexibility index (Phi) is 4.08. The van der Waals surface area contributed by atoms with Gasteiger partial charge in [-0.15, -0.1) is 0 Å². The zero-order valence-electron chi connectivity index (χ0n) is 11.1. The summed E-state index contributed by atoms with van der Waals surface area (Å²) in [4.78, 5) is 0. The van der Waals surface area contributed by atoms with Crippen molar-refractivity contribution in [1.29, 1.82) is 0 Å². The zero-order valence-corrected chi connectivity index (χ0v) is 11.1. The highest BCUT2D eigenvalue weighted by atomic mass is 16.5. The van der Waals surface area contributed by atoms with Gasteiger partial charge in [0, 0.05) is 10.8 Å². The molecule has 0 saturated carbocycles. The smallest absolute Gasteiger partial charge is 0.127 e. The van der Waals surface area contributed by atoms with E-state index >= 15 is 0 Å². The number of ether oxygens (including phenoxy) is 1. The molecule has 0 atom stereocenters. The van der Waals surface area contributed by atoms with E-state index in [0.717, 1.165) is 48.0 Å². The summed E-state index contributed by atoms with van der Waals surface area (Å²) in [6.45, 7) is 4.92. The van der Waals surface area contributed by atoms with Gasteiger partial charge in [0.2, 0.25) is 0 Å². The average Bonchev–Trinajstić information content (AvgIpc) is 2.42. The molecule has 0 heterocycles. The van der Waals surface area contributed by atoms with Crippen LogP contribution in [-0.2, 0) is 6.42 Å². The lowest BCUT2D eigenvalue weighted by Gasteiger charge is -2.13. The van der Waals surface area contributed by atoms with E-state index in [-0.39, 0.29) is 0 Å². The molecule has 0 aromatic heterocycles. The number of benzene rings is 2. The molecule has 2 rings (SSSR count). The number of aromatic hydroxyl groups is 1. The van der Waals surface area contributed by atoms with Crippen molar-refractivity contribution < 1.29 is 9.84 Å². The second-order valence-corrected chi connectivity index (χ2v) is 4.48. The largest absolute Gasteiger partial charge is 0.507 e. The fraction of sp³-hybridized carbons (Fsp3) is 0.375. The standard InChI is InChI=1S/C16H20O2/c1-3-5-10-18-15-11-12(4-2)16(17)14-9-7-6-8-13(14)15/h6-9,11,17H,3-5,10H2,1-2H3. The van der Waals surface area contributed by atoms with E-state index in [1.54, 1.807) is 0 Å². The topological polar surface area (TPSA) is 29.5 Å².